The van der Waals surface area contributed by atoms with Crippen LogP contribution in [-0.4, -0.2) is 63.8 Å². The van der Waals surface area contributed by atoms with Gasteiger partial charge in [-0.05, 0) is 12.1 Å². The summed E-state index contributed by atoms with van der Waals surface area (Å²) < 4.78 is 10.7. The summed E-state index contributed by atoms with van der Waals surface area (Å²) in [6.07, 6.45) is 0. The molecule has 2 rings (SSSR count). The van der Waals surface area contributed by atoms with Crippen LogP contribution in [0.15, 0.2) is 24.3 Å². The van der Waals surface area contributed by atoms with Crippen molar-refractivity contribution in [1.82, 2.24) is 4.90 Å². The molecule has 0 spiro atoms. The number of halogens is 1. The van der Waals surface area contributed by atoms with Gasteiger partial charge in [0.15, 0.2) is 0 Å². The van der Waals surface area contributed by atoms with Gasteiger partial charge in [-0.25, -0.2) is 0 Å². The Balaban J connectivity index is 1.76. The summed E-state index contributed by atoms with van der Waals surface area (Å²) in [6.45, 7) is 6.63. The average molecular weight is 299 g/mol. The predicted octanol–water partition coefficient (Wildman–Crippen LogP) is 2.07. The Morgan fingerprint density at radius 3 is 2.65 bits per heavy atom. The molecule has 0 radical (unpaired) electrons. The second kappa shape index (κ2) is 8.35. The van der Waals surface area contributed by atoms with E-state index in [1.54, 1.807) is 7.11 Å². The molecule has 1 aromatic carbocycles. The van der Waals surface area contributed by atoms with Gasteiger partial charge in [-0.2, -0.15) is 0 Å². The highest BCUT2D eigenvalue weighted by Crippen LogP contribution is 2.21. The summed E-state index contributed by atoms with van der Waals surface area (Å²) in [5, 5.41) is 0. The fourth-order valence-electron chi connectivity index (χ4n) is 2.39. The van der Waals surface area contributed by atoms with Crippen molar-refractivity contribution in [3.05, 3.63) is 24.3 Å². The minimum absolute atomic E-state index is 0.573. The molecule has 1 heterocycles. The third-order valence-electron chi connectivity index (χ3n) is 3.56. The number of benzene rings is 1. The van der Waals surface area contributed by atoms with Gasteiger partial charge in [0, 0.05) is 50.4 Å². The van der Waals surface area contributed by atoms with E-state index < -0.39 is 0 Å². The number of anilines is 1. The molecular formula is C15H23ClN2O2. The molecule has 0 bridgehead atoms. The Bertz CT molecular complexity index is 395. The normalized spacial score (nSPS) is 16.4. The first kappa shape index (κ1) is 15.4. The molecule has 0 unspecified atom stereocenters. The SMILES string of the molecule is COc1cccc(N2CCN(CCOCCCl)CC2)c1. The number of nitrogens with zero attached hydrogens (tertiary/aromatic N) is 2. The van der Waals surface area contributed by atoms with Gasteiger partial charge >= 0.3 is 0 Å². The number of alkyl halides is 1. The van der Waals surface area contributed by atoms with E-state index in [0.717, 1.165) is 45.1 Å². The molecule has 0 N–H and O–H groups in total. The Hall–Kier alpha value is -0.970. The van der Waals surface area contributed by atoms with Gasteiger partial charge in [-0.1, -0.05) is 6.07 Å². The van der Waals surface area contributed by atoms with Gasteiger partial charge in [-0.3, -0.25) is 4.90 Å². The van der Waals surface area contributed by atoms with Crippen molar-refractivity contribution in [3.8, 4) is 5.75 Å². The van der Waals surface area contributed by atoms with Gasteiger partial charge in [0.1, 0.15) is 5.75 Å². The van der Waals surface area contributed by atoms with Crippen molar-refractivity contribution in [3.63, 3.8) is 0 Å². The van der Waals surface area contributed by atoms with Crippen molar-refractivity contribution < 1.29 is 9.47 Å². The second-order valence-corrected chi connectivity index (χ2v) is 5.21. The van der Waals surface area contributed by atoms with E-state index in [4.69, 9.17) is 21.1 Å². The molecular weight excluding hydrogens is 276 g/mol. The standard InChI is InChI=1S/C15H23ClN2O2/c1-19-15-4-2-3-14(13-15)18-8-6-17(7-9-18)10-12-20-11-5-16/h2-4,13H,5-12H2,1H3. The van der Waals surface area contributed by atoms with E-state index in [0.29, 0.717) is 12.5 Å². The lowest BCUT2D eigenvalue weighted by atomic mass is 10.2. The van der Waals surface area contributed by atoms with Crippen LogP contribution in [0.3, 0.4) is 0 Å². The molecule has 1 aromatic rings. The molecule has 1 aliphatic rings. The van der Waals surface area contributed by atoms with Crippen molar-refractivity contribution in [2.24, 2.45) is 0 Å². The quantitative estimate of drug-likeness (QED) is 0.568. The minimum atomic E-state index is 0.573. The summed E-state index contributed by atoms with van der Waals surface area (Å²) in [5.74, 6) is 1.49. The molecule has 112 valence electrons. The maximum atomic E-state index is 5.58. The first-order valence-corrected chi connectivity index (χ1v) is 7.62. The lowest BCUT2D eigenvalue weighted by Crippen LogP contribution is -2.47. The zero-order valence-electron chi connectivity index (χ0n) is 12.1. The monoisotopic (exact) mass is 298 g/mol. The zero-order chi connectivity index (χ0) is 14.2. The van der Waals surface area contributed by atoms with Gasteiger partial charge < -0.3 is 14.4 Å². The smallest absolute Gasteiger partial charge is 0.120 e. The van der Waals surface area contributed by atoms with E-state index in [2.05, 4.69) is 21.9 Å². The number of rotatable bonds is 7. The van der Waals surface area contributed by atoms with Crippen LogP contribution in [0.2, 0.25) is 0 Å². The van der Waals surface area contributed by atoms with Gasteiger partial charge in [-0.15, -0.1) is 11.6 Å². The molecule has 1 saturated heterocycles. The lowest BCUT2D eigenvalue weighted by Gasteiger charge is -2.36. The van der Waals surface area contributed by atoms with E-state index in [1.165, 1.54) is 5.69 Å². The Kier molecular flexibility index (Phi) is 6.43. The number of ether oxygens (including phenoxy) is 2. The highest BCUT2D eigenvalue weighted by Gasteiger charge is 2.17. The predicted molar refractivity (Wildman–Crippen MR) is 83.2 cm³/mol. The van der Waals surface area contributed by atoms with Gasteiger partial charge in [0.2, 0.25) is 0 Å². The zero-order valence-corrected chi connectivity index (χ0v) is 12.8. The maximum absolute atomic E-state index is 5.58. The highest BCUT2D eigenvalue weighted by molar-refractivity contribution is 6.17. The van der Waals surface area contributed by atoms with Crippen LogP contribution in [0.25, 0.3) is 0 Å². The molecule has 1 fully saturated rings. The van der Waals surface area contributed by atoms with Crippen LogP contribution in [-0.2, 0) is 4.74 Å². The number of hydrogen-bond donors (Lipinski definition) is 0. The Morgan fingerprint density at radius 2 is 1.95 bits per heavy atom. The van der Waals surface area contributed by atoms with Gasteiger partial charge in [0.25, 0.3) is 0 Å². The summed E-state index contributed by atoms with van der Waals surface area (Å²) in [6, 6.07) is 8.26. The maximum Gasteiger partial charge on any atom is 0.120 e. The van der Waals surface area contributed by atoms with Crippen LogP contribution in [0.4, 0.5) is 5.69 Å². The molecule has 20 heavy (non-hydrogen) atoms. The molecule has 0 amide bonds. The van der Waals surface area contributed by atoms with Crippen LogP contribution in [0.1, 0.15) is 0 Å². The molecule has 0 aromatic heterocycles. The fraction of sp³-hybridized carbons (Fsp3) is 0.600. The molecule has 0 saturated carbocycles. The third-order valence-corrected chi connectivity index (χ3v) is 3.72. The van der Waals surface area contributed by atoms with Crippen molar-refractivity contribution in [2.45, 2.75) is 0 Å². The van der Waals surface area contributed by atoms with Crippen LogP contribution in [0.5, 0.6) is 5.75 Å². The molecule has 4 nitrogen and oxygen atoms in total. The molecule has 1 aliphatic heterocycles. The lowest BCUT2D eigenvalue weighted by molar-refractivity contribution is 0.112. The van der Waals surface area contributed by atoms with E-state index in [-0.39, 0.29) is 0 Å². The molecule has 0 atom stereocenters. The average Bonchev–Trinajstić information content (AvgIpc) is 2.52. The summed E-state index contributed by atoms with van der Waals surface area (Å²) in [4.78, 5) is 4.84. The Morgan fingerprint density at radius 1 is 1.15 bits per heavy atom. The van der Waals surface area contributed by atoms with Crippen molar-refractivity contribution in [1.29, 1.82) is 0 Å². The fourth-order valence-corrected chi connectivity index (χ4v) is 2.50. The molecule has 0 aliphatic carbocycles. The van der Waals surface area contributed by atoms with Crippen molar-refractivity contribution >= 4 is 17.3 Å². The van der Waals surface area contributed by atoms with E-state index in [9.17, 15) is 0 Å². The van der Waals surface area contributed by atoms with Crippen LogP contribution >= 0.6 is 11.6 Å². The number of methoxy groups -OCH3 is 1. The molecule has 5 heteroatoms. The summed E-state index contributed by atoms with van der Waals surface area (Å²) >= 11 is 5.58. The van der Waals surface area contributed by atoms with Crippen LogP contribution in [0, 0.1) is 0 Å². The highest BCUT2D eigenvalue weighted by atomic mass is 35.5. The van der Waals surface area contributed by atoms with E-state index in [1.807, 2.05) is 12.1 Å². The number of hydrogen-bond acceptors (Lipinski definition) is 4. The summed E-state index contributed by atoms with van der Waals surface area (Å²) in [5.41, 5.74) is 1.24. The largest absolute Gasteiger partial charge is 0.497 e. The first-order valence-electron chi connectivity index (χ1n) is 7.08. The third kappa shape index (κ3) is 4.54. The van der Waals surface area contributed by atoms with Gasteiger partial charge in [0.05, 0.1) is 20.3 Å². The topological polar surface area (TPSA) is 24.9 Å². The second-order valence-electron chi connectivity index (χ2n) is 4.83. The minimum Gasteiger partial charge on any atom is -0.497 e. The Labute approximate surface area is 126 Å². The van der Waals surface area contributed by atoms with E-state index >= 15 is 0 Å². The summed E-state index contributed by atoms with van der Waals surface area (Å²) in [7, 11) is 1.71. The van der Waals surface area contributed by atoms with Crippen molar-refractivity contribution in [2.75, 3.05) is 63.8 Å². The first-order chi connectivity index (χ1) is 9.83. The number of piperazine rings is 1. The van der Waals surface area contributed by atoms with Crippen LogP contribution < -0.4 is 9.64 Å².